The molecule has 0 aliphatic heterocycles. The summed E-state index contributed by atoms with van der Waals surface area (Å²) in [5.74, 6) is -0.271. The molecule has 3 aromatic rings. The summed E-state index contributed by atoms with van der Waals surface area (Å²) in [6.45, 7) is 8.82. The molecule has 0 atom stereocenters. The lowest BCUT2D eigenvalue weighted by molar-refractivity contribution is 0.0949. The molecule has 0 bridgehead atoms. The van der Waals surface area contributed by atoms with Crippen LogP contribution in [0.15, 0.2) is 72.8 Å². The van der Waals surface area contributed by atoms with Crippen LogP contribution in [0.1, 0.15) is 58.2 Å². The van der Waals surface area contributed by atoms with E-state index in [1.165, 1.54) is 5.56 Å². The molecule has 2 N–H and O–H groups in total. The van der Waals surface area contributed by atoms with Crippen LogP contribution in [0.25, 0.3) is 0 Å². The van der Waals surface area contributed by atoms with E-state index in [1.54, 1.807) is 12.1 Å². The van der Waals surface area contributed by atoms with Crippen LogP contribution < -0.4 is 10.6 Å². The first-order valence-electron chi connectivity index (χ1n) is 10.1. The number of carbonyl (C=O) groups excluding carboxylic acids is 2. The lowest BCUT2D eigenvalue weighted by Crippen LogP contribution is -2.23. The molecular weight excluding hydrogens is 372 g/mol. The summed E-state index contributed by atoms with van der Waals surface area (Å²) in [7, 11) is 0. The van der Waals surface area contributed by atoms with Crippen LogP contribution in [0, 0.1) is 6.92 Å². The SMILES string of the molecule is Cc1cccc(NC(=O)c2ccc(CNC(=O)c3ccc(C(C)(C)C)cc3)cc2)c1. The average molecular weight is 401 g/mol. The number of hydrogen-bond donors (Lipinski definition) is 2. The number of aryl methyl sites for hydroxylation is 1. The average Bonchev–Trinajstić information content (AvgIpc) is 2.72. The fraction of sp³-hybridized carbons (Fsp3) is 0.231. The van der Waals surface area contributed by atoms with Gasteiger partial charge in [-0.15, -0.1) is 0 Å². The van der Waals surface area contributed by atoms with Gasteiger partial charge < -0.3 is 10.6 Å². The smallest absolute Gasteiger partial charge is 0.255 e. The van der Waals surface area contributed by atoms with Crippen molar-refractivity contribution in [1.29, 1.82) is 0 Å². The fourth-order valence-electron chi connectivity index (χ4n) is 3.11. The highest BCUT2D eigenvalue weighted by Crippen LogP contribution is 2.22. The van der Waals surface area contributed by atoms with Gasteiger partial charge in [0.15, 0.2) is 0 Å². The largest absolute Gasteiger partial charge is 0.348 e. The molecule has 154 valence electrons. The van der Waals surface area contributed by atoms with Gasteiger partial charge in [0.25, 0.3) is 11.8 Å². The van der Waals surface area contributed by atoms with Gasteiger partial charge >= 0.3 is 0 Å². The Balaban J connectivity index is 1.56. The zero-order chi connectivity index (χ0) is 21.7. The number of nitrogens with one attached hydrogen (secondary N) is 2. The van der Waals surface area contributed by atoms with Crippen LogP contribution in [0.5, 0.6) is 0 Å². The Bertz CT molecular complexity index is 1030. The van der Waals surface area contributed by atoms with Crippen molar-refractivity contribution in [2.75, 3.05) is 5.32 Å². The highest BCUT2D eigenvalue weighted by molar-refractivity contribution is 6.04. The quantitative estimate of drug-likeness (QED) is 0.596. The van der Waals surface area contributed by atoms with E-state index in [0.717, 1.165) is 16.8 Å². The van der Waals surface area contributed by atoms with Gasteiger partial charge in [-0.3, -0.25) is 9.59 Å². The minimum Gasteiger partial charge on any atom is -0.348 e. The predicted molar refractivity (Wildman–Crippen MR) is 122 cm³/mol. The van der Waals surface area contributed by atoms with E-state index in [1.807, 2.05) is 67.6 Å². The molecule has 0 spiro atoms. The lowest BCUT2D eigenvalue weighted by atomic mass is 9.87. The van der Waals surface area contributed by atoms with E-state index in [9.17, 15) is 9.59 Å². The molecule has 0 aliphatic rings. The second kappa shape index (κ2) is 8.95. The molecule has 4 heteroatoms. The predicted octanol–water partition coefficient (Wildman–Crippen LogP) is 5.47. The van der Waals surface area contributed by atoms with Crippen molar-refractivity contribution in [3.63, 3.8) is 0 Å². The monoisotopic (exact) mass is 400 g/mol. The van der Waals surface area contributed by atoms with Crippen LogP contribution in [0.3, 0.4) is 0 Å². The van der Waals surface area contributed by atoms with Gasteiger partial charge in [-0.25, -0.2) is 0 Å². The van der Waals surface area contributed by atoms with Crippen LogP contribution in [-0.2, 0) is 12.0 Å². The molecule has 0 aromatic heterocycles. The summed E-state index contributed by atoms with van der Waals surface area (Å²) in [5.41, 5.74) is 5.25. The molecular formula is C26H28N2O2. The number of benzene rings is 3. The Labute approximate surface area is 178 Å². The Morgan fingerprint density at radius 1 is 0.800 bits per heavy atom. The van der Waals surface area contributed by atoms with Gasteiger partial charge in [0.2, 0.25) is 0 Å². The first-order chi connectivity index (χ1) is 14.2. The zero-order valence-corrected chi connectivity index (χ0v) is 18.0. The molecule has 3 rings (SSSR count). The van der Waals surface area contributed by atoms with E-state index < -0.39 is 0 Å². The summed E-state index contributed by atoms with van der Waals surface area (Å²) in [6, 6.07) is 22.6. The van der Waals surface area contributed by atoms with Crippen molar-refractivity contribution in [2.45, 2.75) is 39.7 Å². The van der Waals surface area contributed by atoms with Crippen molar-refractivity contribution >= 4 is 17.5 Å². The molecule has 30 heavy (non-hydrogen) atoms. The Kier molecular flexibility index (Phi) is 6.36. The summed E-state index contributed by atoms with van der Waals surface area (Å²) in [5, 5.41) is 5.83. The minimum atomic E-state index is -0.157. The Morgan fingerprint density at radius 2 is 1.40 bits per heavy atom. The summed E-state index contributed by atoms with van der Waals surface area (Å²) >= 11 is 0. The molecule has 2 amide bonds. The van der Waals surface area contributed by atoms with Crippen molar-refractivity contribution in [1.82, 2.24) is 5.32 Å². The van der Waals surface area contributed by atoms with Crippen LogP contribution >= 0.6 is 0 Å². The van der Waals surface area contributed by atoms with Crippen LogP contribution in [0.4, 0.5) is 5.69 Å². The number of rotatable bonds is 5. The number of anilines is 1. The van der Waals surface area contributed by atoms with Gasteiger partial charge in [-0.2, -0.15) is 0 Å². The topological polar surface area (TPSA) is 58.2 Å². The number of amides is 2. The van der Waals surface area contributed by atoms with Crippen LogP contribution in [0.2, 0.25) is 0 Å². The number of hydrogen-bond acceptors (Lipinski definition) is 2. The minimum absolute atomic E-state index is 0.0579. The second-order valence-electron chi connectivity index (χ2n) is 8.53. The normalized spacial score (nSPS) is 11.1. The molecule has 0 radical (unpaired) electrons. The third-order valence-corrected chi connectivity index (χ3v) is 4.96. The fourth-order valence-corrected chi connectivity index (χ4v) is 3.11. The van der Waals surface area contributed by atoms with Crippen LogP contribution in [-0.4, -0.2) is 11.8 Å². The second-order valence-corrected chi connectivity index (χ2v) is 8.53. The van der Waals surface area contributed by atoms with Gasteiger partial charge in [0.05, 0.1) is 0 Å². The number of carbonyl (C=O) groups is 2. The molecule has 0 heterocycles. The third kappa shape index (κ3) is 5.57. The van der Waals surface area contributed by atoms with Crippen molar-refractivity contribution in [3.8, 4) is 0 Å². The molecule has 0 fully saturated rings. The maximum atomic E-state index is 12.4. The molecule has 0 saturated heterocycles. The zero-order valence-electron chi connectivity index (χ0n) is 18.0. The summed E-state index contributed by atoms with van der Waals surface area (Å²) < 4.78 is 0. The molecule has 3 aromatic carbocycles. The maximum Gasteiger partial charge on any atom is 0.255 e. The Morgan fingerprint density at radius 3 is 2.00 bits per heavy atom. The summed E-state index contributed by atoms with van der Waals surface area (Å²) in [6.07, 6.45) is 0. The highest BCUT2D eigenvalue weighted by Gasteiger charge is 2.14. The van der Waals surface area contributed by atoms with E-state index in [4.69, 9.17) is 0 Å². The first-order valence-corrected chi connectivity index (χ1v) is 10.1. The standard InChI is InChI=1S/C26H28N2O2/c1-18-6-5-7-23(16-18)28-25(30)21-10-8-19(9-11-21)17-27-24(29)20-12-14-22(15-13-20)26(2,3)4/h5-16H,17H2,1-4H3,(H,27,29)(H,28,30). The van der Waals surface area contributed by atoms with Crippen molar-refractivity contribution in [2.24, 2.45) is 0 Å². The Hall–Kier alpha value is -3.40. The van der Waals surface area contributed by atoms with Crippen molar-refractivity contribution in [3.05, 3.63) is 101 Å². The molecule has 0 unspecified atom stereocenters. The van der Waals surface area contributed by atoms with E-state index in [0.29, 0.717) is 17.7 Å². The van der Waals surface area contributed by atoms with E-state index in [2.05, 4.69) is 31.4 Å². The summed E-state index contributed by atoms with van der Waals surface area (Å²) in [4.78, 5) is 24.8. The highest BCUT2D eigenvalue weighted by atomic mass is 16.2. The molecule has 0 saturated carbocycles. The van der Waals surface area contributed by atoms with Gasteiger partial charge in [-0.1, -0.05) is 57.2 Å². The van der Waals surface area contributed by atoms with Gasteiger partial charge in [-0.05, 0) is 65.4 Å². The molecule has 0 aliphatic carbocycles. The van der Waals surface area contributed by atoms with E-state index >= 15 is 0 Å². The first kappa shape index (κ1) is 21.3. The van der Waals surface area contributed by atoms with Gasteiger partial charge in [0, 0.05) is 23.4 Å². The maximum absolute atomic E-state index is 12.4. The van der Waals surface area contributed by atoms with Crippen molar-refractivity contribution < 1.29 is 9.59 Å². The third-order valence-electron chi connectivity index (χ3n) is 4.96. The lowest BCUT2D eigenvalue weighted by Gasteiger charge is -2.19. The molecule has 4 nitrogen and oxygen atoms in total. The van der Waals surface area contributed by atoms with E-state index in [-0.39, 0.29) is 17.2 Å². The van der Waals surface area contributed by atoms with Gasteiger partial charge in [0.1, 0.15) is 0 Å².